The van der Waals surface area contributed by atoms with Crippen molar-refractivity contribution in [2.45, 2.75) is 6.92 Å². The Kier molecular flexibility index (Phi) is 3.34. The van der Waals surface area contributed by atoms with Crippen LogP contribution in [-0.2, 0) is 7.05 Å². The van der Waals surface area contributed by atoms with E-state index in [0.717, 1.165) is 28.1 Å². The van der Waals surface area contributed by atoms with Crippen LogP contribution in [0.15, 0.2) is 30.3 Å². The molecule has 0 saturated heterocycles. The standard InChI is InChI=1S/C16H13ClNO2.ClH/c1-9-14-10-5-3-4-6-12(10)18(2)15(14)11(17)7-13-16(9)20-8-19-13;/h3-7H,8H2,1-2H3;1H/q+1;/p-1. The molecule has 0 unspecified atom stereocenters. The summed E-state index contributed by atoms with van der Waals surface area (Å²) < 4.78 is 13.2. The molecule has 1 aromatic rings. The van der Waals surface area contributed by atoms with Gasteiger partial charge in [-0.15, -0.1) is 0 Å². The zero-order valence-corrected chi connectivity index (χ0v) is 13.1. The summed E-state index contributed by atoms with van der Waals surface area (Å²) >= 11 is 6.52. The highest BCUT2D eigenvalue weighted by atomic mass is 35.5. The Morgan fingerprint density at radius 3 is 2.76 bits per heavy atom. The minimum atomic E-state index is 0. The zero-order chi connectivity index (χ0) is 13.9. The van der Waals surface area contributed by atoms with Gasteiger partial charge in [0.2, 0.25) is 18.0 Å². The Morgan fingerprint density at radius 2 is 1.95 bits per heavy atom. The molecule has 3 nitrogen and oxygen atoms in total. The smallest absolute Gasteiger partial charge is 0.232 e. The molecule has 0 aromatic heterocycles. The predicted octanol–water partition coefficient (Wildman–Crippen LogP) is 0.464. The molecule has 0 radical (unpaired) electrons. The first-order chi connectivity index (χ1) is 9.68. The van der Waals surface area contributed by atoms with Crippen LogP contribution in [0.4, 0.5) is 0 Å². The second-order valence-electron chi connectivity index (χ2n) is 5.02. The van der Waals surface area contributed by atoms with Gasteiger partial charge in [0.1, 0.15) is 12.1 Å². The molecule has 2 aliphatic heterocycles. The average molecular weight is 322 g/mol. The minimum Gasteiger partial charge on any atom is -1.00 e. The van der Waals surface area contributed by atoms with Crippen molar-refractivity contribution in [3.8, 4) is 22.8 Å². The fourth-order valence-corrected chi connectivity index (χ4v) is 3.36. The topological polar surface area (TPSA) is 22.3 Å². The molecular weight excluding hydrogens is 309 g/mol. The van der Waals surface area contributed by atoms with Crippen molar-refractivity contribution in [1.29, 1.82) is 0 Å². The van der Waals surface area contributed by atoms with Crippen molar-refractivity contribution in [3.63, 3.8) is 0 Å². The van der Waals surface area contributed by atoms with Crippen molar-refractivity contribution >= 4 is 22.5 Å². The predicted molar refractivity (Wildman–Crippen MR) is 77.6 cm³/mol. The summed E-state index contributed by atoms with van der Waals surface area (Å²) in [6.07, 6.45) is 0. The molecule has 3 aliphatic rings. The molecule has 0 saturated carbocycles. The fourth-order valence-electron chi connectivity index (χ4n) is 3.04. The number of rotatable bonds is 0. The summed E-state index contributed by atoms with van der Waals surface area (Å²) in [6, 6.07) is 10.1. The van der Waals surface area contributed by atoms with Crippen LogP contribution >= 0.6 is 11.6 Å². The molecule has 21 heavy (non-hydrogen) atoms. The molecule has 5 heteroatoms. The number of hydrogen-bond donors (Lipinski definition) is 0. The van der Waals surface area contributed by atoms with Gasteiger partial charge in [-0.25, -0.2) is 0 Å². The lowest BCUT2D eigenvalue weighted by Crippen LogP contribution is -3.00. The number of aromatic nitrogens is 1. The third kappa shape index (κ3) is 1.84. The lowest BCUT2D eigenvalue weighted by Gasteiger charge is -1.99. The molecule has 0 amide bonds. The molecule has 0 fully saturated rings. The number of aryl methyl sites for hydroxylation is 1. The molecule has 0 N–H and O–H groups in total. The third-order valence-corrected chi connectivity index (χ3v) is 4.24. The monoisotopic (exact) mass is 321 g/mol. The number of para-hydroxylation sites is 1. The lowest BCUT2D eigenvalue weighted by atomic mass is 10.1. The van der Waals surface area contributed by atoms with E-state index < -0.39 is 0 Å². The van der Waals surface area contributed by atoms with E-state index >= 15 is 0 Å². The molecule has 4 rings (SSSR count). The molecule has 2 heterocycles. The number of hydrogen-bond acceptors (Lipinski definition) is 2. The summed E-state index contributed by atoms with van der Waals surface area (Å²) in [6.45, 7) is 2.31. The molecule has 1 aromatic carbocycles. The lowest BCUT2D eigenvalue weighted by molar-refractivity contribution is -0.631. The number of fused-ring (bicyclic) bond motifs is 4. The van der Waals surface area contributed by atoms with Gasteiger partial charge in [0.25, 0.3) is 0 Å². The van der Waals surface area contributed by atoms with Gasteiger partial charge in [0, 0.05) is 17.7 Å². The fraction of sp³-hybridized carbons (Fsp3) is 0.188. The van der Waals surface area contributed by atoms with Crippen LogP contribution in [0.25, 0.3) is 22.2 Å². The molecular formula is C16H13Cl2NO2. The van der Waals surface area contributed by atoms with Gasteiger partial charge >= 0.3 is 0 Å². The second-order valence-corrected chi connectivity index (χ2v) is 5.42. The summed E-state index contributed by atoms with van der Waals surface area (Å²) in [5.74, 6) is 1.51. The van der Waals surface area contributed by atoms with Crippen LogP contribution in [0.2, 0.25) is 5.02 Å². The third-order valence-electron chi connectivity index (χ3n) is 3.95. The van der Waals surface area contributed by atoms with Crippen LogP contribution in [0.3, 0.4) is 0 Å². The normalized spacial score (nSPS) is 12.7. The van der Waals surface area contributed by atoms with Gasteiger partial charge in [-0.05, 0) is 13.0 Å². The Balaban J connectivity index is 0.00000132. The van der Waals surface area contributed by atoms with E-state index in [0.29, 0.717) is 10.8 Å². The summed E-state index contributed by atoms with van der Waals surface area (Å²) in [4.78, 5) is 0. The molecule has 1 aliphatic carbocycles. The van der Waals surface area contributed by atoms with E-state index in [1.165, 1.54) is 5.39 Å². The van der Waals surface area contributed by atoms with E-state index in [1.54, 1.807) is 0 Å². The Hall–Kier alpha value is -1.71. The van der Waals surface area contributed by atoms with Crippen molar-refractivity contribution in [3.05, 3.63) is 40.9 Å². The van der Waals surface area contributed by atoms with Crippen molar-refractivity contribution < 1.29 is 26.4 Å². The highest BCUT2D eigenvalue weighted by Crippen LogP contribution is 2.45. The Labute approximate surface area is 133 Å². The number of ether oxygens (including phenoxy) is 2. The van der Waals surface area contributed by atoms with Crippen LogP contribution in [-0.4, -0.2) is 6.79 Å². The number of benzene rings is 1. The van der Waals surface area contributed by atoms with Crippen LogP contribution in [0.5, 0.6) is 11.5 Å². The van der Waals surface area contributed by atoms with Crippen LogP contribution < -0.4 is 26.4 Å². The molecule has 0 bridgehead atoms. The second kappa shape index (κ2) is 4.93. The van der Waals surface area contributed by atoms with Crippen LogP contribution in [0, 0.1) is 6.92 Å². The van der Waals surface area contributed by atoms with Crippen molar-refractivity contribution in [1.82, 2.24) is 0 Å². The molecule has 108 valence electrons. The maximum atomic E-state index is 6.52. The molecule has 0 atom stereocenters. The van der Waals surface area contributed by atoms with Gasteiger partial charge in [-0.1, -0.05) is 23.7 Å². The summed E-state index contributed by atoms with van der Waals surface area (Å²) in [7, 11) is 2.03. The number of nitrogens with zero attached hydrogens (tertiary/aromatic N) is 1. The maximum Gasteiger partial charge on any atom is 0.232 e. The van der Waals surface area contributed by atoms with Gasteiger partial charge in [0.15, 0.2) is 11.5 Å². The Bertz CT molecular complexity index is 833. The van der Waals surface area contributed by atoms with Gasteiger partial charge in [-0.3, -0.25) is 0 Å². The quantitative estimate of drug-likeness (QED) is 0.561. The van der Waals surface area contributed by atoms with Crippen molar-refractivity contribution in [2.75, 3.05) is 6.79 Å². The van der Waals surface area contributed by atoms with Gasteiger partial charge < -0.3 is 21.9 Å². The van der Waals surface area contributed by atoms with Crippen LogP contribution in [0.1, 0.15) is 5.56 Å². The van der Waals surface area contributed by atoms with Crippen molar-refractivity contribution in [2.24, 2.45) is 7.05 Å². The SMILES string of the molecule is Cc1c2c(cc(Cl)c3[n+](C)c4ccccc4c1-3)OCO2.[Cl-]. The minimum absolute atomic E-state index is 0. The Morgan fingerprint density at radius 1 is 1.19 bits per heavy atom. The van der Waals surface area contributed by atoms with E-state index in [-0.39, 0.29) is 19.2 Å². The van der Waals surface area contributed by atoms with E-state index in [1.807, 2.05) is 25.2 Å². The van der Waals surface area contributed by atoms with E-state index in [4.69, 9.17) is 21.1 Å². The largest absolute Gasteiger partial charge is 1.00 e. The number of halogens is 2. The van der Waals surface area contributed by atoms with E-state index in [2.05, 4.69) is 23.6 Å². The first-order valence-corrected chi connectivity index (χ1v) is 6.85. The summed E-state index contributed by atoms with van der Waals surface area (Å²) in [5.41, 5.74) is 4.36. The maximum absolute atomic E-state index is 6.52. The van der Waals surface area contributed by atoms with Gasteiger partial charge in [-0.2, -0.15) is 4.57 Å². The highest BCUT2D eigenvalue weighted by Gasteiger charge is 2.31. The zero-order valence-electron chi connectivity index (χ0n) is 11.6. The van der Waals surface area contributed by atoms with Gasteiger partial charge in [0.05, 0.1) is 10.9 Å². The average Bonchev–Trinajstić information content (AvgIpc) is 2.99. The first-order valence-electron chi connectivity index (χ1n) is 6.47. The highest BCUT2D eigenvalue weighted by molar-refractivity contribution is 6.33. The van der Waals surface area contributed by atoms with E-state index in [9.17, 15) is 0 Å². The summed E-state index contributed by atoms with van der Waals surface area (Å²) in [5, 5.41) is 1.85. The molecule has 0 spiro atoms. The first kappa shape index (κ1) is 14.2.